The highest BCUT2D eigenvalue weighted by atomic mass is 35.5. The van der Waals surface area contributed by atoms with Crippen LogP contribution in [0.4, 0.5) is 5.69 Å². The maximum atomic E-state index is 12.1. The number of para-hydroxylation sites is 1. The third kappa shape index (κ3) is 3.80. The molecule has 0 atom stereocenters. The zero-order chi connectivity index (χ0) is 13.7. The molecule has 0 aliphatic heterocycles. The number of hydrogen-bond acceptors (Lipinski definition) is 3. The fourth-order valence-corrected chi connectivity index (χ4v) is 2.61. The monoisotopic (exact) mass is 294 g/mol. The van der Waals surface area contributed by atoms with Crippen molar-refractivity contribution < 1.29 is 4.79 Å². The molecule has 1 amide bonds. The van der Waals surface area contributed by atoms with Crippen LogP contribution < -0.4 is 10.6 Å². The molecule has 0 saturated carbocycles. The number of carbonyl (C=O) groups excluding carboxylic acids is 1. The van der Waals surface area contributed by atoms with Gasteiger partial charge in [-0.1, -0.05) is 36.7 Å². The quantitative estimate of drug-likeness (QED) is 0.881. The SMILES string of the molecule is CCNCc1ccccc1NC(=O)c1ccc(Cl)s1. The van der Waals surface area contributed by atoms with Crippen LogP contribution in [0.3, 0.4) is 0 Å². The minimum atomic E-state index is -0.124. The maximum absolute atomic E-state index is 12.1. The van der Waals surface area contributed by atoms with Gasteiger partial charge in [0, 0.05) is 12.2 Å². The summed E-state index contributed by atoms with van der Waals surface area (Å²) in [4.78, 5) is 12.7. The van der Waals surface area contributed by atoms with Gasteiger partial charge in [0.15, 0.2) is 0 Å². The summed E-state index contributed by atoms with van der Waals surface area (Å²) in [5.41, 5.74) is 1.90. The van der Waals surface area contributed by atoms with E-state index in [1.807, 2.05) is 24.3 Å². The Labute approximate surface area is 121 Å². The van der Waals surface area contributed by atoms with E-state index in [2.05, 4.69) is 17.6 Å². The van der Waals surface area contributed by atoms with E-state index in [1.165, 1.54) is 11.3 Å². The fourth-order valence-electron chi connectivity index (χ4n) is 1.68. The van der Waals surface area contributed by atoms with Gasteiger partial charge in [-0.05, 0) is 30.3 Å². The molecule has 0 fully saturated rings. The van der Waals surface area contributed by atoms with E-state index in [0.717, 1.165) is 24.3 Å². The highest BCUT2D eigenvalue weighted by Crippen LogP contribution is 2.23. The first-order chi connectivity index (χ1) is 9.20. The molecule has 100 valence electrons. The number of benzene rings is 1. The fraction of sp³-hybridized carbons (Fsp3) is 0.214. The topological polar surface area (TPSA) is 41.1 Å². The van der Waals surface area contributed by atoms with Gasteiger partial charge >= 0.3 is 0 Å². The van der Waals surface area contributed by atoms with Crippen molar-refractivity contribution in [2.24, 2.45) is 0 Å². The Morgan fingerprint density at radius 3 is 2.74 bits per heavy atom. The van der Waals surface area contributed by atoms with Crippen LogP contribution in [0.5, 0.6) is 0 Å². The highest BCUT2D eigenvalue weighted by molar-refractivity contribution is 7.18. The van der Waals surface area contributed by atoms with Crippen LogP contribution in [0.15, 0.2) is 36.4 Å². The van der Waals surface area contributed by atoms with E-state index in [9.17, 15) is 4.79 Å². The summed E-state index contributed by atoms with van der Waals surface area (Å²) in [6.45, 7) is 3.68. The van der Waals surface area contributed by atoms with Crippen LogP contribution in [0.25, 0.3) is 0 Å². The van der Waals surface area contributed by atoms with Crippen molar-refractivity contribution in [3.05, 3.63) is 51.2 Å². The zero-order valence-electron chi connectivity index (χ0n) is 10.6. The normalized spacial score (nSPS) is 10.4. The molecule has 19 heavy (non-hydrogen) atoms. The summed E-state index contributed by atoms with van der Waals surface area (Å²) >= 11 is 7.11. The van der Waals surface area contributed by atoms with Crippen LogP contribution in [-0.4, -0.2) is 12.5 Å². The van der Waals surface area contributed by atoms with Crippen molar-refractivity contribution in [2.45, 2.75) is 13.5 Å². The number of rotatable bonds is 5. The predicted molar refractivity (Wildman–Crippen MR) is 81.1 cm³/mol. The van der Waals surface area contributed by atoms with Crippen LogP contribution in [0.1, 0.15) is 22.2 Å². The van der Waals surface area contributed by atoms with E-state index in [0.29, 0.717) is 9.21 Å². The van der Waals surface area contributed by atoms with Crippen LogP contribution in [-0.2, 0) is 6.54 Å². The van der Waals surface area contributed by atoms with Crippen molar-refractivity contribution in [2.75, 3.05) is 11.9 Å². The van der Waals surface area contributed by atoms with Gasteiger partial charge in [0.2, 0.25) is 0 Å². The summed E-state index contributed by atoms with van der Waals surface area (Å²) in [5.74, 6) is -0.124. The minimum Gasteiger partial charge on any atom is -0.321 e. The van der Waals surface area contributed by atoms with Crippen molar-refractivity contribution in [3.8, 4) is 0 Å². The lowest BCUT2D eigenvalue weighted by Gasteiger charge is -2.10. The Balaban J connectivity index is 2.12. The number of amides is 1. The first-order valence-electron chi connectivity index (χ1n) is 6.06. The lowest BCUT2D eigenvalue weighted by Crippen LogP contribution is -2.16. The Kier molecular flexibility index (Phi) is 4.96. The van der Waals surface area contributed by atoms with Crippen LogP contribution >= 0.6 is 22.9 Å². The molecule has 0 aliphatic carbocycles. The molecule has 1 aromatic carbocycles. The predicted octanol–water partition coefficient (Wildman–Crippen LogP) is 3.76. The van der Waals surface area contributed by atoms with E-state index in [1.54, 1.807) is 12.1 Å². The highest BCUT2D eigenvalue weighted by Gasteiger charge is 2.10. The van der Waals surface area contributed by atoms with Gasteiger partial charge in [-0.3, -0.25) is 4.79 Å². The van der Waals surface area contributed by atoms with Crippen molar-refractivity contribution in [1.82, 2.24) is 5.32 Å². The Hall–Kier alpha value is -1.36. The standard InChI is InChI=1S/C14H15ClN2OS/c1-2-16-9-10-5-3-4-6-11(10)17-14(18)12-7-8-13(15)19-12/h3-8,16H,2,9H2,1H3,(H,17,18). The average molecular weight is 295 g/mol. The summed E-state index contributed by atoms with van der Waals surface area (Å²) in [6, 6.07) is 11.2. The molecule has 5 heteroatoms. The molecule has 1 aromatic heterocycles. The number of anilines is 1. The number of halogens is 1. The van der Waals surface area contributed by atoms with Crippen molar-refractivity contribution in [3.63, 3.8) is 0 Å². The Bertz CT molecular complexity index is 568. The molecule has 2 N–H and O–H groups in total. The van der Waals surface area contributed by atoms with Crippen molar-refractivity contribution in [1.29, 1.82) is 0 Å². The second-order valence-electron chi connectivity index (χ2n) is 4.00. The zero-order valence-corrected chi connectivity index (χ0v) is 12.1. The van der Waals surface area contributed by atoms with Gasteiger partial charge in [-0.25, -0.2) is 0 Å². The molecular formula is C14H15ClN2OS. The molecule has 0 unspecified atom stereocenters. The molecule has 2 aromatic rings. The largest absolute Gasteiger partial charge is 0.321 e. The van der Waals surface area contributed by atoms with Gasteiger partial charge in [0.25, 0.3) is 5.91 Å². The Morgan fingerprint density at radius 2 is 2.05 bits per heavy atom. The number of nitrogens with one attached hydrogen (secondary N) is 2. The molecule has 2 rings (SSSR count). The minimum absolute atomic E-state index is 0.124. The first kappa shape index (κ1) is 14.1. The van der Waals surface area contributed by atoms with Crippen LogP contribution in [0.2, 0.25) is 4.34 Å². The molecule has 0 saturated heterocycles. The van der Waals surface area contributed by atoms with E-state index < -0.39 is 0 Å². The van der Waals surface area contributed by atoms with Gasteiger partial charge < -0.3 is 10.6 Å². The number of hydrogen-bond donors (Lipinski definition) is 2. The van der Waals surface area contributed by atoms with Gasteiger partial charge in [-0.2, -0.15) is 0 Å². The van der Waals surface area contributed by atoms with Crippen molar-refractivity contribution >= 4 is 34.5 Å². The summed E-state index contributed by atoms with van der Waals surface area (Å²) < 4.78 is 0.617. The summed E-state index contributed by atoms with van der Waals surface area (Å²) in [5, 5.41) is 6.17. The Morgan fingerprint density at radius 1 is 1.26 bits per heavy atom. The molecule has 0 spiro atoms. The average Bonchev–Trinajstić information content (AvgIpc) is 2.84. The number of carbonyl (C=O) groups is 1. The molecule has 0 radical (unpaired) electrons. The number of thiophene rings is 1. The smallest absolute Gasteiger partial charge is 0.265 e. The third-order valence-electron chi connectivity index (χ3n) is 2.63. The third-order valence-corrected chi connectivity index (χ3v) is 3.86. The second-order valence-corrected chi connectivity index (χ2v) is 5.71. The molecule has 1 heterocycles. The maximum Gasteiger partial charge on any atom is 0.265 e. The van der Waals surface area contributed by atoms with E-state index in [4.69, 9.17) is 11.6 Å². The summed E-state index contributed by atoms with van der Waals surface area (Å²) in [7, 11) is 0. The summed E-state index contributed by atoms with van der Waals surface area (Å²) in [6.07, 6.45) is 0. The van der Waals surface area contributed by atoms with Crippen LogP contribution in [0, 0.1) is 0 Å². The van der Waals surface area contributed by atoms with Gasteiger partial charge in [0.1, 0.15) is 0 Å². The van der Waals surface area contributed by atoms with E-state index in [-0.39, 0.29) is 5.91 Å². The first-order valence-corrected chi connectivity index (χ1v) is 7.25. The van der Waals surface area contributed by atoms with Gasteiger partial charge in [-0.15, -0.1) is 11.3 Å². The van der Waals surface area contributed by atoms with Gasteiger partial charge in [0.05, 0.1) is 9.21 Å². The lowest BCUT2D eigenvalue weighted by molar-refractivity contribution is 0.103. The molecule has 3 nitrogen and oxygen atoms in total. The molecule has 0 bridgehead atoms. The molecular weight excluding hydrogens is 280 g/mol. The molecule has 0 aliphatic rings. The second kappa shape index (κ2) is 6.70. The van der Waals surface area contributed by atoms with E-state index >= 15 is 0 Å². The lowest BCUT2D eigenvalue weighted by atomic mass is 10.1.